The number of hydrogen-bond acceptors (Lipinski definition) is 3. The van der Waals surface area contributed by atoms with Gasteiger partial charge in [-0.2, -0.15) is 13.2 Å². The summed E-state index contributed by atoms with van der Waals surface area (Å²) in [6, 6.07) is 1.06. The van der Waals surface area contributed by atoms with Crippen molar-refractivity contribution < 1.29 is 13.2 Å². The van der Waals surface area contributed by atoms with E-state index < -0.39 is 11.9 Å². The number of aromatic nitrogens is 1. The monoisotopic (exact) mass is 273 g/mol. The number of nitrogen functional groups attached to an aromatic ring is 1. The number of rotatable bonds is 5. The maximum Gasteiger partial charge on any atom is 0.433 e. The van der Waals surface area contributed by atoms with Gasteiger partial charge in [-0.05, 0) is 31.2 Å². The van der Waals surface area contributed by atoms with Gasteiger partial charge >= 0.3 is 6.18 Å². The van der Waals surface area contributed by atoms with Gasteiger partial charge < -0.3 is 10.6 Å². The van der Waals surface area contributed by atoms with Gasteiger partial charge in [-0.15, -0.1) is 0 Å². The molecule has 19 heavy (non-hydrogen) atoms. The van der Waals surface area contributed by atoms with Crippen molar-refractivity contribution >= 4 is 11.4 Å². The maximum absolute atomic E-state index is 12.7. The average Bonchev–Trinajstić information content (AvgIpc) is 3.11. The summed E-state index contributed by atoms with van der Waals surface area (Å²) in [6.07, 6.45) is -0.155. The highest BCUT2D eigenvalue weighted by atomic mass is 19.4. The normalized spacial score (nSPS) is 15.6. The van der Waals surface area contributed by atoms with Crippen LogP contribution in [0.2, 0.25) is 0 Å². The number of halogens is 3. The Kier molecular flexibility index (Phi) is 3.87. The molecule has 2 rings (SSSR count). The average molecular weight is 273 g/mol. The molecule has 0 atom stereocenters. The van der Waals surface area contributed by atoms with Gasteiger partial charge in [-0.25, -0.2) is 4.98 Å². The third-order valence-electron chi connectivity index (χ3n) is 3.21. The molecular formula is C13H18F3N3. The molecule has 0 aliphatic heterocycles. The smallest absolute Gasteiger partial charge is 0.396 e. The lowest BCUT2D eigenvalue weighted by molar-refractivity contribution is -0.141. The van der Waals surface area contributed by atoms with E-state index in [0.717, 1.165) is 38.1 Å². The highest BCUT2D eigenvalue weighted by molar-refractivity contribution is 5.67. The van der Waals surface area contributed by atoms with E-state index in [1.807, 2.05) is 11.8 Å². The Bertz CT molecular complexity index is 441. The quantitative estimate of drug-likeness (QED) is 0.895. The van der Waals surface area contributed by atoms with Crippen molar-refractivity contribution in [2.75, 3.05) is 23.7 Å². The molecule has 6 heteroatoms. The maximum atomic E-state index is 12.7. The molecular weight excluding hydrogens is 255 g/mol. The zero-order valence-corrected chi connectivity index (χ0v) is 10.9. The minimum Gasteiger partial charge on any atom is -0.396 e. The molecule has 1 aliphatic carbocycles. The molecule has 1 aliphatic rings. The van der Waals surface area contributed by atoms with Crippen molar-refractivity contribution in [1.82, 2.24) is 4.98 Å². The van der Waals surface area contributed by atoms with Gasteiger partial charge in [0.1, 0.15) is 5.69 Å². The number of hydrogen-bond donors (Lipinski definition) is 1. The van der Waals surface area contributed by atoms with Gasteiger partial charge in [0.2, 0.25) is 0 Å². The molecule has 0 radical (unpaired) electrons. The molecule has 0 aromatic carbocycles. The van der Waals surface area contributed by atoms with Crippen LogP contribution in [0, 0.1) is 5.92 Å². The Morgan fingerprint density at radius 2 is 2.11 bits per heavy atom. The molecule has 1 fully saturated rings. The lowest BCUT2D eigenvalue weighted by Crippen LogP contribution is -2.28. The van der Waals surface area contributed by atoms with Crippen molar-refractivity contribution in [3.8, 4) is 0 Å². The standard InChI is InChI=1S/C13H18F3N3/c1-2-5-19(8-9-3-4-9)11-6-12(13(14,15)16)18-7-10(11)17/h6-7,9H,2-5,8,17H2,1H3. The first-order valence-corrected chi connectivity index (χ1v) is 6.49. The van der Waals surface area contributed by atoms with E-state index in [4.69, 9.17) is 5.73 Å². The molecule has 3 nitrogen and oxygen atoms in total. The van der Waals surface area contributed by atoms with E-state index in [0.29, 0.717) is 23.8 Å². The fraction of sp³-hybridized carbons (Fsp3) is 0.615. The van der Waals surface area contributed by atoms with Crippen LogP contribution in [-0.2, 0) is 6.18 Å². The summed E-state index contributed by atoms with van der Waals surface area (Å²) >= 11 is 0. The molecule has 0 spiro atoms. The topological polar surface area (TPSA) is 42.2 Å². The van der Waals surface area contributed by atoms with Crippen molar-refractivity contribution in [1.29, 1.82) is 0 Å². The number of pyridine rings is 1. The van der Waals surface area contributed by atoms with Gasteiger partial charge in [-0.1, -0.05) is 6.92 Å². The lowest BCUT2D eigenvalue weighted by Gasteiger charge is -2.26. The summed E-state index contributed by atoms with van der Waals surface area (Å²) in [5, 5.41) is 0. The van der Waals surface area contributed by atoms with Crippen LogP contribution in [0.25, 0.3) is 0 Å². The molecule has 1 saturated carbocycles. The molecule has 1 aromatic heterocycles. The van der Waals surface area contributed by atoms with Crippen LogP contribution in [-0.4, -0.2) is 18.1 Å². The van der Waals surface area contributed by atoms with Crippen LogP contribution in [0.3, 0.4) is 0 Å². The summed E-state index contributed by atoms with van der Waals surface area (Å²) in [4.78, 5) is 5.32. The van der Waals surface area contributed by atoms with E-state index >= 15 is 0 Å². The van der Waals surface area contributed by atoms with E-state index in [2.05, 4.69) is 4.98 Å². The second kappa shape index (κ2) is 5.27. The second-order valence-corrected chi connectivity index (χ2v) is 5.02. The van der Waals surface area contributed by atoms with E-state index in [9.17, 15) is 13.2 Å². The van der Waals surface area contributed by atoms with E-state index in [1.54, 1.807) is 0 Å². The predicted molar refractivity (Wildman–Crippen MR) is 68.9 cm³/mol. The van der Waals surface area contributed by atoms with Crippen LogP contribution in [0.15, 0.2) is 12.3 Å². The van der Waals surface area contributed by atoms with Crippen LogP contribution in [0.1, 0.15) is 31.9 Å². The van der Waals surface area contributed by atoms with Gasteiger partial charge in [-0.3, -0.25) is 0 Å². The third-order valence-corrected chi connectivity index (χ3v) is 3.21. The van der Waals surface area contributed by atoms with Gasteiger partial charge in [0.25, 0.3) is 0 Å². The summed E-state index contributed by atoms with van der Waals surface area (Å²) in [6.45, 7) is 3.49. The Labute approximate surface area is 110 Å². The first-order chi connectivity index (χ1) is 8.91. The minimum absolute atomic E-state index is 0.308. The van der Waals surface area contributed by atoms with Gasteiger partial charge in [0.05, 0.1) is 17.6 Å². The fourth-order valence-electron chi connectivity index (χ4n) is 2.08. The highest BCUT2D eigenvalue weighted by Gasteiger charge is 2.34. The Morgan fingerprint density at radius 3 is 2.63 bits per heavy atom. The minimum atomic E-state index is -4.43. The number of anilines is 2. The summed E-state index contributed by atoms with van der Waals surface area (Å²) in [5.74, 6) is 0.591. The molecule has 0 bridgehead atoms. The Hall–Kier alpha value is -1.46. The number of alkyl halides is 3. The fourth-order valence-corrected chi connectivity index (χ4v) is 2.08. The molecule has 0 unspecified atom stereocenters. The Balaban J connectivity index is 2.28. The first kappa shape index (κ1) is 14.0. The molecule has 106 valence electrons. The zero-order chi connectivity index (χ0) is 14.0. The summed E-state index contributed by atoms with van der Waals surface area (Å²) in [5.41, 5.74) is 5.67. The first-order valence-electron chi connectivity index (χ1n) is 6.49. The SMILES string of the molecule is CCCN(CC1CC1)c1cc(C(F)(F)F)ncc1N. The summed E-state index contributed by atoms with van der Waals surface area (Å²) < 4.78 is 38.1. The highest BCUT2D eigenvalue weighted by Crippen LogP contribution is 2.36. The largest absolute Gasteiger partial charge is 0.433 e. The zero-order valence-electron chi connectivity index (χ0n) is 10.9. The van der Waals surface area contributed by atoms with Gasteiger partial charge in [0.15, 0.2) is 0 Å². The molecule has 2 N–H and O–H groups in total. The lowest BCUT2D eigenvalue weighted by atomic mass is 10.2. The van der Waals surface area contributed by atoms with E-state index in [-0.39, 0.29) is 0 Å². The van der Waals surface area contributed by atoms with Crippen molar-refractivity contribution in [3.63, 3.8) is 0 Å². The van der Waals surface area contributed by atoms with Crippen molar-refractivity contribution in [2.24, 2.45) is 5.92 Å². The van der Waals surface area contributed by atoms with Gasteiger partial charge in [0, 0.05) is 13.1 Å². The van der Waals surface area contributed by atoms with Crippen LogP contribution in [0.5, 0.6) is 0 Å². The van der Waals surface area contributed by atoms with Crippen LogP contribution < -0.4 is 10.6 Å². The van der Waals surface area contributed by atoms with Crippen LogP contribution in [0.4, 0.5) is 24.5 Å². The molecule has 1 aromatic rings. The summed E-state index contributed by atoms with van der Waals surface area (Å²) in [7, 11) is 0. The Morgan fingerprint density at radius 1 is 1.42 bits per heavy atom. The van der Waals surface area contributed by atoms with Crippen molar-refractivity contribution in [2.45, 2.75) is 32.4 Å². The molecule has 0 amide bonds. The predicted octanol–water partition coefficient (Wildman–Crippen LogP) is 3.31. The number of nitrogens with two attached hydrogens (primary N) is 1. The third kappa shape index (κ3) is 3.52. The van der Waals surface area contributed by atoms with E-state index in [1.165, 1.54) is 0 Å². The molecule has 0 saturated heterocycles. The van der Waals surface area contributed by atoms with Crippen molar-refractivity contribution in [3.05, 3.63) is 18.0 Å². The second-order valence-electron chi connectivity index (χ2n) is 5.02. The van der Waals surface area contributed by atoms with Crippen LogP contribution >= 0.6 is 0 Å². The number of nitrogens with zero attached hydrogens (tertiary/aromatic N) is 2. The molecule has 1 heterocycles.